The molecule has 0 unspecified atom stereocenters. The maximum atomic E-state index is 14.7. The highest BCUT2D eigenvalue weighted by molar-refractivity contribution is 5.64. The van der Waals surface area contributed by atoms with Gasteiger partial charge < -0.3 is 19.3 Å². The standard InChI is InChI=1S/C27H23F7O4/c1-3-8-25(2)13-36-27(35,37-14-25)17-6-4-15(5-7-17)16-9-19(28)23(20(29)10-16)26(33,34)38-18-11-21(30)24(32)22(31)12-18/h4-7,9-12,35H,3,8,13-14H2,1-2H3. The first-order valence-electron chi connectivity index (χ1n) is 11.6. The van der Waals surface area contributed by atoms with Gasteiger partial charge in [-0.05, 0) is 29.7 Å². The molecule has 0 bridgehead atoms. The Kier molecular flexibility index (Phi) is 7.48. The third kappa shape index (κ3) is 5.50. The summed E-state index contributed by atoms with van der Waals surface area (Å²) in [6.07, 6.45) is -2.96. The second kappa shape index (κ2) is 10.2. The van der Waals surface area contributed by atoms with Crippen molar-refractivity contribution in [2.75, 3.05) is 13.2 Å². The van der Waals surface area contributed by atoms with E-state index in [-0.39, 0.29) is 47.5 Å². The molecule has 1 aliphatic heterocycles. The number of hydrogen-bond acceptors (Lipinski definition) is 4. The molecule has 1 fully saturated rings. The van der Waals surface area contributed by atoms with Gasteiger partial charge in [0.25, 0.3) is 0 Å². The van der Waals surface area contributed by atoms with E-state index in [1.54, 1.807) is 0 Å². The van der Waals surface area contributed by atoms with Gasteiger partial charge in [0.05, 0.1) is 13.2 Å². The Hall–Kier alpha value is -3.15. The first kappa shape index (κ1) is 27.9. The van der Waals surface area contributed by atoms with Gasteiger partial charge in [-0.1, -0.05) is 44.5 Å². The van der Waals surface area contributed by atoms with E-state index in [4.69, 9.17) is 9.47 Å². The van der Waals surface area contributed by atoms with Crippen molar-refractivity contribution in [2.24, 2.45) is 5.41 Å². The molecule has 1 saturated heterocycles. The fourth-order valence-corrected chi connectivity index (χ4v) is 4.22. The zero-order valence-corrected chi connectivity index (χ0v) is 20.3. The summed E-state index contributed by atoms with van der Waals surface area (Å²) >= 11 is 0. The number of hydrogen-bond donors (Lipinski definition) is 1. The Bertz CT molecular complexity index is 1270. The quantitative estimate of drug-likeness (QED) is 0.254. The molecular formula is C27H23F7O4. The normalized spacial score (nSPS) is 21.9. The molecule has 0 spiro atoms. The van der Waals surface area contributed by atoms with Crippen LogP contribution in [0.1, 0.15) is 37.8 Å². The number of rotatable bonds is 7. The molecule has 4 nitrogen and oxygen atoms in total. The smallest absolute Gasteiger partial charge is 0.429 e. The van der Waals surface area contributed by atoms with Gasteiger partial charge in [-0.2, -0.15) is 8.78 Å². The van der Waals surface area contributed by atoms with Gasteiger partial charge in [-0.25, -0.2) is 22.0 Å². The molecule has 38 heavy (non-hydrogen) atoms. The van der Waals surface area contributed by atoms with Gasteiger partial charge in [0, 0.05) is 23.1 Å². The van der Waals surface area contributed by atoms with Gasteiger partial charge in [0.2, 0.25) is 0 Å². The Morgan fingerprint density at radius 3 is 1.87 bits per heavy atom. The van der Waals surface area contributed by atoms with Crippen molar-refractivity contribution in [3.8, 4) is 16.9 Å². The second-order valence-electron chi connectivity index (χ2n) is 9.43. The monoisotopic (exact) mass is 544 g/mol. The predicted molar refractivity (Wildman–Crippen MR) is 121 cm³/mol. The Morgan fingerprint density at radius 2 is 1.37 bits per heavy atom. The fraction of sp³-hybridized carbons (Fsp3) is 0.333. The predicted octanol–water partition coefficient (Wildman–Crippen LogP) is 7.13. The summed E-state index contributed by atoms with van der Waals surface area (Å²) in [5.74, 6) is -12.2. The highest BCUT2D eigenvalue weighted by atomic mass is 19.3. The van der Waals surface area contributed by atoms with Crippen LogP contribution in [-0.4, -0.2) is 18.3 Å². The van der Waals surface area contributed by atoms with Crippen LogP contribution in [0.5, 0.6) is 5.75 Å². The average Bonchev–Trinajstić information content (AvgIpc) is 2.84. The van der Waals surface area contributed by atoms with Crippen LogP contribution in [0.15, 0.2) is 48.5 Å². The van der Waals surface area contributed by atoms with Crippen molar-refractivity contribution in [3.63, 3.8) is 0 Å². The first-order valence-corrected chi connectivity index (χ1v) is 11.6. The number of benzene rings is 3. The molecule has 3 aromatic rings. The molecule has 11 heteroatoms. The van der Waals surface area contributed by atoms with Crippen molar-refractivity contribution >= 4 is 0 Å². The van der Waals surface area contributed by atoms with E-state index in [1.165, 1.54) is 24.3 Å². The highest BCUT2D eigenvalue weighted by Crippen LogP contribution is 2.40. The molecule has 3 aromatic carbocycles. The summed E-state index contributed by atoms with van der Waals surface area (Å²) in [5, 5.41) is 10.8. The molecule has 0 aliphatic carbocycles. The summed E-state index contributed by atoms with van der Waals surface area (Å²) in [4.78, 5) is 0. The maximum Gasteiger partial charge on any atom is 0.432 e. The third-order valence-electron chi connectivity index (χ3n) is 6.21. The summed E-state index contributed by atoms with van der Waals surface area (Å²) < 4.78 is 114. The van der Waals surface area contributed by atoms with Gasteiger partial charge in [-0.3, -0.25) is 0 Å². The zero-order chi connectivity index (χ0) is 27.9. The summed E-state index contributed by atoms with van der Waals surface area (Å²) in [6, 6.07) is 7.04. The van der Waals surface area contributed by atoms with Gasteiger partial charge in [-0.15, -0.1) is 0 Å². The van der Waals surface area contributed by atoms with Gasteiger partial charge >= 0.3 is 12.1 Å². The van der Waals surface area contributed by atoms with E-state index >= 15 is 0 Å². The van der Waals surface area contributed by atoms with Crippen LogP contribution in [0.2, 0.25) is 0 Å². The van der Waals surface area contributed by atoms with E-state index < -0.39 is 52.5 Å². The molecule has 4 rings (SSSR count). The molecule has 0 radical (unpaired) electrons. The molecule has 0 amide bonds. The van der Waals surface area contributed by atoms with Crippen LogP contribution in [0.4, 0.5) is 30.7 Å². The van der Waals surface area contributed by atoms with Crippen LogP contribution in [0.25, 0.3) is 11.1 Å². The molecule has 204 valence electrons. The van der Waals surface area contributed by atoms with Gasteiger partial charge in [0.15, 0.2) is 17.5 Å². The van der Waals surface area contributed by atoms with Crippen molar-refractivity contribution in [2.45, 2.75) is 38.8 Å². The average molecular weight is 544 g/mol. The minimum Gasteiger partial charge on any atom is -0.429 e. The number of alkyl halides is 2. The van der Waals surface area contributed by atoms with Crippen molar-refractivity contribution in [1.29, 1.82) is 0 Å². The Labute approximate surface area is 213 Å². The number of aliphatic hydroxyl groups is 1. The topological polar surface area (TPSA) is 47.9 Å². The lowest BCUT2D eigenvalue weighted by Crippen LogP contribution is -2.46. The minimum absolute atomic E-state index is 0.121. The van der Waals surface area contributed by atoms with E-state index in [0.717, 1.165) is 12.8 Å². The maximum absolute atomic E-state index is 14.7. The van der Waals surface area contributed by atoms with Crippen molar-refractivity contribution in [3.05, 3.63) is 88.7 Å². The van der Waals surface area contributed by atoms with Gasteiger partial charge in [0.1, 0.15) is 22.9 Å². The Morgan fingerprint density at radius 1 is 0.842 bits per heavy atom. The molecule has 1 aliphatic rings. The van der Waals surface area contributed by atoms with Crippen LogP contribution in [0.3, 0.4) is 0 Å². The molecule has 0 saturated carbocycles. The van der Waals surface area contributed by atoms with E-state index in [1.807, 2.05) is 13.8 Å². The summed E-state index contributed by atoms with van der Waals surface area (Å²) in [6.45, 7) is 4.47. The highest BCUT2D eigenvalue weighted by Gasteiger charge is 2.43. The lowest BCUT2D eigenvalue weighted by Gasteiger charge is -2.41. The summed E-state index contributed by atoms with van der Waals surface area (Å²) in [5.41, 5.74) is -1.77. The van der Waals surface area contributed by atoms with E-state index in [2.05, 4.69) is 4.74 Å². The molecule has 0 aromatic heterocycles. The van der Waals surface area contributed by atoms with Crippen molar-refractivity contribution in [1.82, 2.24) is 0 Å². The van der Waals surface area contributed by atoms with Crippen molar-refractivity contribution < 1.29 is 50.1 Å². The first-order chi connectivity index (χ1) is 17.8. The molecule has 0 atom stereocenters. The SMILES string of the molecule is CCCC1(C)COC(O)(c2ccc(-c3cc(F)c(C(F)(F)Oc4cc(F)c(F)c(F)c4)c(F)c3)cc2)OC1. The molecule has 1 N–H and O–H groups in total. The largest absolute Gasteiger partial charge is 0.432 e. The minimum atomic E-state index is -4.70. The van der Waals surface area contributed by atoms with Crippen LogP contribution < -0.4 is 4.74 Å². The van der Waals surface area contributed by atoms with E-state index in [9.17, 15) is 35.8 Å². The van der Waals surface area contributed by atoms with Crippen LogP contribution in [0, 0.1) is 34.5 Å². The molecule has 1 heterocycles. The zero-order valence-electron chi connectivity index (χ0n) is 20.3. The number of halogens is 7. The second-order valence-corrected chi connectivity index (χ2v) is 9.43. The van der Waals surface area contributed by atoms with Crippen LogP contribution in [-0.2, 0) is 21.6 Å². The number of ether oxygens (including phenoxy) is 3. The lowest BCUT2D eigenvalue weighted by molar-refractivity contribution is -0.414. The third-order valence-corrected chi connectivity index (χ3v) is 6.21. The van der Waals surface area contributed by atoms with E-state index in [0.29, 0.717) is 12.1 Å². The lowest BCUT2D eigenvalue weighted by atomic mass is 9.86. The Balaban J connectivity index is 1.55. The fourth-order valence-electron chi connectivity index (χ4n) is 4.22. The summed E-state index contributed by atoms with van der Waals surface area (Å²) in [7, 11) is 0. The molecular weight excluding hydrogens is 521 g/mol. The van der Waals surface area contributed by atoms with Crippen LogP contribution >= 0.6 is 0 Å².